The molecule has 3 aromatic carbocycles. The molecule has 0 atom stereocenters. The first-order valence-electron chi connectivity index (χ1n) is 10.4. The molecular weight excluding hydrogens is 438 g/mol. The second kappa shape index (κ2) is 8.40. The molecule has 168 valence electrons. The Labute approximate surface area is 192 Å². The van der Waals surface area contributed by atoms with E-state index < -0.39 is 11.6 Å². The summed E-state index contributed by atoms with van der Waals surface area (Å²) in [5, 5.41) is 2.73. The van der Waals surface area contributed by atoms with Crippen LogP contribution in [0.3, 0.4) is 0 Å². The third-order valence-electron chi connectivity index (χ3n) is 5.42. The number of aromatic nitrogens is 3. The maximum Gasteiger partial charge on any atom is 0.247 e. The van der Waals surface area contributed by atoms with Gasteiger partial charge in [-0.2, -0.15) is 0 Å². The van der Waals surface area contributed by atoms with Crippen molar-refractivity contribution in [1.82, 2.24) is 14.5 Å². The SMILES string of the molecule is CC(=O)Nc1cc(-c2ccc(F)cc2F)cc(-n2cnc3cc(-c4ccc(=O)[nH]c4)ccc32)c1. The minimum atomic E-state index is -0.702. The molecule has 2 heterocycles. The van der Waals surface area contributed by atoms with E-state index in [0.29, 0.717) is 22.5 Å². The Bertz CT molecular complexity index is 1600. The lowest BCUT2D eigenvalue weighted by Crippen LogP contribution is -2.07. The smallest absolute Gasteiger partial charge is 0.247 e. The van der Waals surface area contributed by atoms with Crippen molar-refractivity contribution in [3.63, 3.8) is 0 Å². The molecule has 0 aliphatic rings. The van der Waals surface area contributed by atoms with Crippen LogP contribution in [-0.2, 0) is 4.79 Å². The Morgan fingerprint density at radius 3 is 2.50 bits per heavy atom. The highest BCUT2D eigenvalue weighted by Gasteiger charge is 2.13. The molecule has 0 unspecified atom stereocenters. The van der Waals surface area contributed by atoms with Crippen LogP contribution in [0.4, 0.5) is 14.5 Å². The maximum atomic E-state index is 14.5. The molecule has 2 N–H and O–H groups in total. The largest absolute Gasteiger partial charge is 0.328 e. The van der Waals surface area contributed by atoms with Crippen LogP contribution in [0.15, 0.2) is 84.0 Å². The minimum absolute atomic E-state index is 0.179. The molecule has 0 saturated carbocycles. The summed E-state index contributed by atoms with van der Waals surface area (Å²) < 4.78 is 29.8. The molecule has 0 aliphatic heterocycles. The number of carbonyl (C=O) groups is 1. The number of nitrogens with one attached hydrogen (secondary N) is 2. The molecule has 1 amide bonds. The van der Waals surface area contributed by atoms with E-state index in [4.69, 9.17) is 0 Å². The summed E-state index contributed by atoms with van der Waals surface area (Å²) in [5.74, 6) is -1.64. The van der Waals surface area contributed by atoms with Gasteiger partial charge in [0.15, 0.2) is 0 Å². The zero-order chi connectivity index (χ0) is 23.8. The van der Waals surface area contributed by atoms with Crippen LogP contribution in [0.1, 0.15) is 6.92 Å². The number of amides is 1. The highest BCUT2D eigenvalue weighted by Crippen LogP contribution is 2.31. The van der Waals surface area contributed by atoms with Gasteiger partial charge in [-0.3, -0.25) is 14.2 Å². The first kappa shape index (κ1) is 21.3. The molecule has 5 rings (SSSR count). The van der Waals surface area contributed by atoms with Crippen LogP contribution in [0.5, 0.6) is 0 Å². The summed E-state index contributed by atoms with van der Waals surface area (Å²) in [6.07, 6.45) is 3.28. The Morgan fingerprint density at radius 1 is 0.941 bits per heavy atom. The first-order chi connectivity index (χ1) is 16.4. The third kappa shape index (κ3) is 4.09. The summed E-state index contributed by atoms with van der Waals surface area (Å²) in [4.78, 5) is 30.2. The van der Waals surface area contributed by atoms with Crippen LogP contribution in [0, 0.1) is 11.6 Å². The van der Waals surface area contributed by atoms with Crippen molar-refractivity contribution in [3.8, 4) is 27.9 Å². The zero-order valence-electron chi connectivity index (χ0n) is 18.0. The van der Waals surface area contributed by atoms with E-state index in [0.717, 1.165) is 22.7 Å². The molecule has 0 fully saturated rings. The van der Waals surface area contributed by atoms with Gasteiger partial charge in [-0.1, -0.05) is 6.07 Å². The number of imidazole rings is 1. The van der Waals surface area contributed by atoms with E-state index in [1.807, 2.05) is 22.8 Å². The summed E-state index contributed by atoms with van der Waals surface area (Å²) >= 11 is 0. The van der Waals surface area contributed by atoms with Gasteiger partial charge < -0.3 is 10.3 Å². The normalized spacial score (nSPS) is 11.0. The quantitative estimate of drug-likeness (QED) is 0.386. The highest BCUT2D eigenvalue weighted by molar-refractivity contribution is 5.91. The molecular formula is C26H18F2N4O2. The number of hydrogen-bond donors (Lipinski definition) is 2. The summed E-state index contributed by atoms with van der Waals surface area (Å²) in [6, 6.07) is 17.4. The second-order valence-electron chi connectivity index (χ2n) is 7.83. The number of fused-ring (bicyclic) bond motifs is 1. The number of aromatic amines is 1. The Balaban J connectivity index is 1.63. The van der Waals surface area contributed by atoms with Crippen LogP contribution in [0.2, 0.25) is 0 Å². The molecule has 0 bridgehead atoms. The lowest BCUT2D eigenvalue weighted by Gasteiger charge is -2.13. The van der Waals surface area contributed by atoms with Gasteiger partial charge in [0.05, 0.1) is 11.0 Å². The zero-order valence-corrected chi connectivity index (χ0v) is 18.0. The van der Waals surface area contributed by atoms with Crippen molar-refractivity contribution in [2.75, 3.05) is 5.32 Å². The third-order valence-corrected chi connectivity index (χ3v) is 5.42. The fraction of sp³-hybridized carbons (Fsp3) is 0.0385. The van der Waals surface area contributed by atoms with Crippen LogP contribution in [-0.4, -0.2) is 20.4 Å². The van der Waals surface area contributed by atoms with Gasteiger partial charge in [0.25, 0.3) is 0 Å². The molecule has 0 spiro atoms. The Kier molecular flexibility index (Phi) is 5.25. The number of anilines is 1. The molecule has 0 radical (unpaired) electrons. The molecule has 6 nitrogen and oxygen atoms in total. The van der Waals surface area contributed by atoms with Crippen LogP contribution in [0.25, 0.3) is 39.0 Å². The van der Waals surface area contributed by atoms with Gasteiger partial charge in [0.1, 0.15) is 18.0 Å². The van der Waals surface area contributed by atoms with Gasteiger partial charge in [0.2, 0.25) is 11.5 Å². The van der Waals surface area contributed by atoms with Crippen molar-refractivity contribution in [2.45, 2.75) is 6.92 Å². The topological polar surface area (TPSA) is 79.8 Å². The van der Waals surface area contributed by atoms with Gasteiger partial charge in [0, 0.05) is 42.2 Å². The second-order valence-corrected chi connectivity index (χ2v) is 7.83. The van der Waals surface area contributed by atoms with Crippen molar-refractivity contribution in [2.24, 2.45) is 0 Å². The van der Waals surface area contributed by atoms with Crippen LogP contribution < -0.4 is 10.9 Å². The van der Waals surface area contributed by atoms with E-state index in [1.165, 1.54) is 25.1 Å². The number of halogens is 2. The van der Waals surface area contributed by atoms with Crippen molar-refractivity contribution >= 4 is 22.6 Å². The predicted octanol–water partition coefficient (Wildman–Crippen LogP) is 5.28. The Morgan fingerprint density at radius 2 is 1.76 bits per heavy atom. The van der Waals surface area contributed by atoms with Gasteiger partial charge in [-0.05, 0) is 65.2 Å². The average Bonchev–Trinajstić information content (AvgIpc) is 3.22. The number of pyridine rings is 1. The molecule has 8 heteroatoms. The van der Waals surface area contributed by atoms with Gasteiger partial charge >= 0.3 is 0 Å². The first-order valence-corrected chi connectivity index (χ1v) is 10.4. The molecule has 34 heavy (non-hydrogen) atoms. The number of benzene rings is 3. The molecule has 0 saturated heterocycles. The molecule has 0 aliphatic carbocycles. The van der Waals surface area contributed by atoms with Gasteiger partial charge in [-0.25, -0.2) is 13.8 Å². The number of hydrogen-bond acceptors (Lipinski definition) is 3. The Hall–Kier alpha value is -4.59. The van der Waals surface area contributed by atoms with Crippen molar-refractivity contribution in [3.05, 3.63) is 101 Å². The average molecular weight is 456 g/mol. The summed E-state index contributed by atoms with van der Waals surface area (Å²) in [7, 11) is 0. The lowest BCUT2D eigenvalue weighted by molar-refractivity contribution is -0.114. The van der Waals surface area contributed by atoms with Crippen molar-refractivity contribution in [1.29, 1.82) is 0 Å². The van der Waals surface area contributed by atoms with E-state index in [1.54, 1.807) is 36.8 Å². The van der Waals surface area contributed by atoms with E-state index in [-0.39, 0.29) is 17.0 Å². The lowest BCUT2D eigenvalue weighted by atomic mass is 10.0. The number of rotatable bonds is 4. The predicted molar refractivity (Wildman–Crippen MR) is 127 cm³/mol. The van der Waals surface area contributed by atoms with E-state index in [2.05, 4.69) is 15.3 Å². The summed E-state index contributed by atoms with van der Waals surface area (Å²) in [5.41, 5.74) is 4.85. The highest BCUT2D eigenvalue weighted by atomic mass is 19.1. The maximum absolute atomic E-state index is 14.5. The monoisotopic (exact) mass is 456 g/mol. The molecule has 5 aromatic rings. The number of H-pyrrole nitrogens is 1. The fourth-order valence-electron chi connectivity index (χ4n) is 3.89. The summed E-state index contributed by atoms with van der Waals surface area (Å²) in [6.45, 7) is 1.38. The number of carbonyl (C=O) groups excluding carboxylic acids is 1. The van der Waals surface area contributed by atoms with Gasteiger partial charge in [-0.15, -0.1) is 0 Å². The van der Waals surface area contributed by atoms with E-state index in [9.17, 15) is 18.4 Å². The van der Waals surface area contributed by atoms with E-state index >= 15 is 0 Å². The van der Waals surface area contributed by atoms with Crippen LogP contribution >= 0.6 is 0 Å². The standard InChI is InChI=1S/C26H18F2N4O2/c1-15(33)31-20-8-18(22-5-4-19(27)11-23(22)28)9-21(12-20)32-14-30-24-10-16(2-6-25(24)32)17-3-7-26(34)29-13-17/h2-14H,1H3,(H,29,34)(H,31,33). The number of nitrogens with zero attached hydrogens (tertiary/aromatic N) is 2. The molecule has 2 aromatic heterocycles. The minimum Gasteiger partial charge on any atom is -0.328 e. The fourth-order valence-corrected chi connectivity index (χ4v) is 3.89. The van der Waals surface area contributed by atoms with Crippen molar-refractivity contribution < 1.29 is 13.6 Å².